The molecule has 0 fully saturated rings. The van der Waals surface area contributed by atoms with Gasteiger partial charge in [-0.15, -0.1) is 0 Å². The number of nitriles is 1. The highest BCUT2D eigenvalue weighted by Gasteiger charge is 2.15. The second kappa shape index (κ2) is 4.70. The summed E-state index contributed by atoms with van der Waals surface area (Å²) in [5, 5.41) is 18.1. The number of hydrogen-bond donors (Lipinski definition) is 1. The van der Waals surface area contributed by atoms with Crippen LogP contribution < -0.4 is 11.2 Å². The van der Waals surface area contributed by atoms with Crippen LogP contribution in [0.15, 0.2) is 15.9 Å². The number of hydrogen-bond acceptors (Lipinski definition) is 5. The van der Waals surface area contributed by atoms with E-state index in [9.17, 15) is 14.7 Å². The number of fused-ring (bicyclic) bond motifs is 1. The van der Waals surface area contributed by atoms with Gasteiger partial charge in [0, 0.05) is 14.1 Å². The van der Waals surface area contributed by atoms with E-state index in [1.165, 1.54) is 29.6 Å². The van der Waals surface area contributed by atoms with E-state index in [1.54, 1.807) is 0 Å². The number of aliphatic hydroxyl groups excluding tert-OH is 1. The van der Waals surface area contributed by atoms with Crippen molar-refractivity contribution in [1.29, 1.82) is 5.26 Å². The number of nitrogens with zero attached hydrogens (tertiary/aromatic N) is 5. The molecule has 1 atom stereocenters. The van der Waals surface area contributed by atoms with Gasteiger partial charge in [-0.05, 0) is 0 Å². The van der Waals surface area contributed by atoms with Crippen molar-refractivity contribution in [3.05, 3.63) is 27.2 Å². The minimum Gasteiger partial charge on any atom is -0.390 e. The zero-order chi connectivity index (χ0) is 14.2. The van der Waals surface area contributed by atoms with Gasteiger partial charge in [0.25, 0.3) is 5.56 Å². The monoisotopic (exact) mass is 263 g/mol. The fraction of sp³-hybridized carbons (Fsp3) is 0.455. The molecule has 0 aliphatic carbocycles. The van der Waals surface area contributed by atoms with Crippen LogP contribution in [0.25, 0.3) is 11.2 Å². The first kappa shape index (κ1) is 13.0. The summed E-state index contributed by atoms with van der Waals surface area (Å²) >= 11 is 0. The third-order valence-corrected chi connectivity index (χ3v) is 2.95. The van der Waals surface area contributed by atoms with E-state index in [0.717, 1.165) is 4.57 Å². The Morgan fingerprint density at radius 1 is 1.42 bits per heavy atom. The second-order valence-corrected chi connectivity index (χ2v) is 4.29. The Morgan fingerprint density at radius 2 is 2.11 bits per heavy atom. The van der Waals surface area contributed by atoms with Crippen molar-refractivity contribution in [2.75, 3.05) is 0 Å². The van der Waals surface area contributed by atoms with E-state index in [4.69, 9.17) is 5.26 Å². The summed E-state index contributed by atoms with van der Waals surface area (Å²) in [7, 11) is 2.90. The predicted octanol–water partition coefficient (Wildman–Crippen LogP) is -1.29. The van der Waals surface area contributed by atoms with Crippen LogP contribution in [0, 0.1) is 11.3 Å². The molecule has 1 N–H and O–H groups in total. The van der Waals surface area contributed by atoms with Gasteiger partial charge in [0.2, 0.25) is 0 Å². The molecule has 19 heavy (non-hydrogen) atoms. The quantitative estimate of drug-likeness (QED) is 0.741. The molecule has 0 amide bonds. The standard InChI is InChI=1S/C11H13N5O3/c1-14-9-8(10(18)15(2)11(14)19)16(6-13-9)5-7(17)3-4-12/h6-7,17H,3,5H2,1-2H3. The molecule has 0 saturated carbocycles. The van der Waals surface area contributed by atoms with Gasteiger partial charge in [0.15, 0.2) is 11.2 Å². The van der Waals surface area contributed by atoms with Crippen LogP contribution in [-0.4, -0.2) is 29.9 Å². The Labute approximate surface area is 107 Å². The lowest BCUT2D eigenvalue weighted by Gasteiger charge is -2.09. The summed E-state index contributed by atoms with van der Waals surface area (Å²) in [5.74, 6) is 0. The zero-order valence-electron chi connectivity index (χ0n) is 10.6. The summed E-state index contributed by atoms with van der Waals surface area (Å²) in [6, 6.07) is 1.85. The van der Waals surface area contributed by atoms with E-state index < -0.39 is 17.4 Å². The van der Waals surface area contributed by atoms with Crippen LogP contribution in [0.2, 0.25) is 0 Å². The molecule has 8 nitrogen and oxygen atoms in total. The maximum absolute atomic E-state index is 12.1. The smallest absolute Gasteiger partial charge is 0.332 e. The first-order valence-electron chi connectivity index (χ1n) is 5.63. The lowest BCUT2D eigenvalue weighted by Crippen LogP contribution is -2.37. The van der Waals surface area contributed by atoms with Crippen molar-refractivity contribution >= 4 is 11.2 Å². The van der Waals surface area contributed by atoms with Crippen molar-refractivity contribution in [3.63, 3.8) is 0 Å². The van der Waals surface area contributed by atoms with Crippen LogP contribution in [-0.2, 0) is 20.6 Å². The molecule has 0 saturated heterocycles. The topological polar surface area (TPSA) is 106 Å². The van der Waals surface area contributed by atoms with E-state index >= 15 is 0 Å². The summed E-state index contributed by atoms with van der Waals surface area (Å²) in [6.45, 7) is 0.0809. The molecular formula is C11H13N5O3. The number of imidazole rings is 1. The molecule has 0 aliphatic rings. The van der Waals surface area contributed by atoms with Gasteiger partial charge in [-0.2, -0.15) is 5.26 Å². The highest BCUT2D eigenvalue weighted by atomic mass is 16.3. The van der Waals surface area contributed by atoms with Gasteiger partial charge in [0.05, 0.1) is 31.5 Å². The normalized spacial score (nSPS) is 12.5. The summed E-state index contributed by atoms with van der Waals surface area (Å²) in [6.07, 6.45) is 0.460. The Kier molecular flexibility index (Phi) is 3.23. The average molecular weight is 263 g/mol. The fourth-order valence-electron chi connectivity index (χ4n) is 1.93. The molecule has 0 bridgehead atoms. The fourth-order valence-corrected chi connectivity index (χ4v) is 1.93. The molecular weight excluding hydrogens is 250 g/mol. The van der Waals surface area contributed by atoms with Crippen molar-refractivity contribution in [2.45, 2.75) is 19.1 Å². The van der Waals surface area contributed by atoms with Gasteiger partial charge >= 0.3 is 5.69 Å². The second-order valence-electron chi connectivity index (χ2n) is 4.29. The van der Waals surface area contributed by atoms with E-state index in [0.29, 0.717) is 0 Å². The number of aliphatic hydroxyl groups is 1. The largest absolute Gasteiger partial charge is 0.390 e. The van der Waals surface area contributed by atoms with Gasteiger partial charge in [0.1, 0.15) is 0 Å². The zero-order valence-corrected chi connectivity index (χ0v) is 10.6. The molecule has 8 heteroatoms. The summed E-state index contributed by atoms with van der Waals surface area (Å²) in [4.78, 5) is 27.8. The molecule has 0 aliphatic heterocycles. The third kappa shape index (κ3) is 2.04. The van der Waals surface area contributed by atoms with Gasteiger partial charge < -0.3 is 9.67 Å². The van der Waals surface area contributed by atoms with Crippen molar-refractivity contribution in [2.24, 2.45) is 14.1 Å². The highest BCUT2D eigenvalue weighted by molar-refractivity contribution is 5.69. The molecule has 0 radical (unpaired) electrons. The van der Waals surface area contributed by atoms with E-state index in [-0.39, 0.29) is 24.1 Å². The molecule has 1 unspecified atom stereocenters. The van der Waals surface area contributed by atoms with Crippen molar-refractivity contribution in [3.8, 4) is 6.07 Å². The highest BCUT2D eigenvalue weighted by Crippen LogP contribution is 2.07. The van der Waals surface area contributed by atoms with Crippen LogP contribution in [0.1, 0.15) is 6.42 Å². The molecule has 2 heterocycles. The third-order valence-electron chi connectivity index (χ3n) is 2.95. The number of aromatic nitrogens is 4. The molecule has 100 valence electrons. The predicted molar refractivity (Wildman–Crippen MR) is 66.5 cm³/mol. The minimum atomic E-state index is -0.885. The van der Waals surface area contributed by atoms with Crippen LogP contribution >= 0.6 is 0 Å². The van der Waals surface area contributed by atoms with Crippen LogP contribution in [0.5, 0.6) is 0 Å². The minimum absolute atomic E-state index is 0.0360. The SMILES string of the molecule is Cn1c(=O)c2c(ncn2CC(O)CC#N)n(C)c1=O. The van der Waals surface area contributed by atoms with E-state index in [1.807, 2.05) is 6.07 Å². The maximum Gasteiger partial charge on any atom is 0.332 e. The molecule has 0 aromatic carbocycles. The van der Waals surface area contributed by atoms with Gasteiger partial charge in [-0.1, -0.05) is 0 Å². The molecule has 2 aromatic rings. The number of aryl methyl sites for hydroxylation is 1. The first-order chi connectivity index (χ1) is 8.97. The maximum atomic E-state index is 12.1. The lowest BCUT2D eigenvalue weighted by atomic mass is 10.3. The molecule has 0 spiro atoms. The first-order valence-corrected chi connectivity index (χ1v) is 5.63. The van der Waals surface area contributed by atoms with Crippen LogP contribution in [0.4, 0.5) is 0 Å². The lowest BCUT2D eigenvalue weighted by molar-refractivity contribution is 0.160. The van der Waals surface area contributed by atoms with Gasteiger partial charge in [-0.3, -0.25) is 13.9 Å². The summed E-state index contributed by atoms with van der Waals surface area (Å²) in [5.41, 5.74) is -0.432. The average Bonchev–Trinajstić information content (AvgIpc) is 2.78. The Morgan fingerprint density at radius 3 is 2.74 bits per heavy atom. The van der Waals surface area contributed by atoms with Gasteiger partial charge in [-0.25, -0.2) is 9.78 Å². The number of rotatable bonds is 3. The Bertz CT molecular complexity index is 776. The molecule has 2 rings (SSSR count). The van der Waals surface area contributed by atoms with Crippen molar-refractivity contribution in [1.82, 2.24) is 18.7 Å². The Hall–Kier alpha value is -2.40. The van der Waals surface area contributed by atoms with E-state index in [2.05, 4.69) is 4.98 Å². The summed E-state index contributed by atoms with van der Waals surface area (Å²) < 4.78 is 3.71. The molecule has 2 aromatic heterocycles. The van der Waals surface area contributed by atoms with Crippen LogP contribution in [0.3, 0.4) is 0 Å². The Balaban J connectivity index is 2.64. The van der Waals surface area contributed by atoms with Crippen molar-refractivity contribution < 1.29 is 5.11 Å².